The van der Waals surface area contributed by atoms with Crippen molar-refractivity contribution < 1.29 is 18.5 Å². The highest BCUT2D eigenvalue weighted by molar-refractivity contribution is 7.93. The predicted octanol–water partition coefficient (Wildman–Crippen LogP) is 1.83. The predicted molar refractivity (Wildman–Crippen MR) is 59.7 cm³/mol. The van der Waals surface area contributed by atoms with E-state index in [1.54, 1.807) is 4.31 Å². The molecule has 0 N–H and O–H groups in total. The van der Waals surface area contributed by atoms with Crippen molar-refractivity contribution in [2.45, 2.75) is 32.4 Å². The summed E-state index contributed by atoms with van der Waals surface area (Å²) >= 11 is 1.08. The standard InChI is InChI=1S/C10H17NO4S/c1-10(2,3)15-9(12)11-8(6-14-16-11)7-4-13-5-7/h7-8H,4-6H2,1-3H3. The van der Waals surface area contributed by atoms with Gasteiger partial charge in [-0.1, -0.05) is 0 Å². The second-order valence-electron chi connectivity index (χ2n) is 5.03. The molecule has 0 aromatic carbocycles. The average Bonchev–Trinajstić information content (AvgIpc) is 2.45. The van der Waals surface area contributed by atoms with E-state index in [4.69, 9.17) is 13.7 Å². The summed E-state index contributed by atoms with van der Waals surface area (Å²) in [5.41, 5.74) is -0.471. The van der Waals surface area contributed by atoms with E-state index in [0.29, 0.717) is 25.7 Å². The molecule has 2 rings (SSSR count). The fourth-order valence-corrected chi connectivity index (χ4v) is 2.31. The number of carbonyl (C=O) groups excluding carboxylic acids is 1. The lowest BCUT2D eigenvalue weighted by Crippen LogP contribution is -2.48. The molecule has 0 radical (unpaired) electrons. The maximum Gasteiger partial charge on any atom is 0.422 e. The van der Waals surface area contributed by atoms with Crippen LogP contribution in [0.15, 0.2) is 0 Å². The molecule has 92 valence electrons. The Bertz CT molecular complexity index is 274. The van der Waals surface area contributed by atoms with Gasteiger partial charge in [-0.05, 0) is 20.8 Å². The Morgan fingerprint density at radius 1 is 1.38 bits per heavy atom. The second kappa shape index (κ2) is 4.43. The minimum Gasteiger partial charge on any atom is -0.443 e. The lowest BCUT2D eigenvalue weighted by atomic mass is 9.99. The van der Waals surface area contributed by atoms with E-state index in [0.717, 1.165) is 12.2 Å². The molecule has 1 atom stereocenters. The molecule has 1 unspecified atom stereocenters. The van der Waals surface area contributed by atoms with Crippen LogP contribution in [0.25, 0.3) is 0 Å². The van der Waals surface area contributed by atoms with E-state index in [1.807, 2.05) is 20.8 Å². The Balaban J connectivity index is 1.94. The first kappa shape index (κ1) is 12.0. The summed E-state index contributed by atoms with van der Waals surface area (Å²) in [4.78, 5) is 11.9. The third kappa shape index (κ3) is 2.61. The van der Waals surface area contributed by atoms with Crippen LogP contribution in [-0.4, -0.2) is 41.9 Å². The van der Waals surface area contributed by atoms with Crippen LogP contribution in [0.5, 0.6) is 0 Å². The number of carbonyl (C=O) groups is 1. The third-order valence-corrected chi connectivity index (χ3v) is 3.28. The minimum atomic E-state index is -0.471. The van der Waals surface area contributed by atoms with Crippen LogP contribution in [-0.2, 0) is 13.7 Å². The maximum atomic E-state index is 11.9. The van der Waals surface area contributed by atoms with Gasteiger partial charge in [0.05, 0.1) is 25.9 Å². The smallest absolute Gasteiger partial charge is 0.422 e. The summed E-state index contributed by atoms with van der Waals surface area (Å²) in [6.07, 6.45) is -0.327. The number of ether oxygens (including phenoxy) is 2. The highest BCUT2D eigenvalue weighted by atomic mass is 32.2. The van der Waals surface area contributed by atoms with Crippen molar-refractivity contribution >= 4 is 18.3 Å². The first-order valence-corrected chi connectivity index (χ1v) is 6.07. The molecule has 2 fully saturated rings. The fraction of sp³-hybridized carbons (Fsp3) is 0.900. The van der Waals surface area contributed by atoms with Crippen LogP contribution < -0.4 is 0 Å². The quantitative estimate of drug-likeness (QED) is 0.522. The fourth-order valence-electron chi connectivity index (χ4n) is 1.56. The number of rotatable bonds is 1. The van der Waals surface area contributed by atoms with Gasteiger partial charge in [0.2, 0.25) is 0 Å². The van der Waals surface area contributed by atoms with Crippen molar-refractivity contribution in [3.05, 3.63) is 0 Å². The molecule has 0 aromatic heterocycles. The topological polar surface area (TPSA) is 48.0 Å². The number of hydrogen-bond acceptors (Lipinski definition) is 5. The maximum absolute atomic E-state index is 11.9. The summed E-state index contributed by atoms with van der Waals surface area (Å²) in [5.74, 6) is 0.377. The van der Waals surface area contributed by atoms with Crippen LogP contribution >= 0.6 is 12.2 Å². The summed E-state index contributed by atoms with van der Waals surface area (Å²) in [6.45, 7) is 7.52. The molecule has 0 bridgehead atoms. The van der Waals surface area contributed by atoms with Gasteiger partial charge in [0.25, 0.3) is 0 Å². The zero-order valence-corrected chi connectivity index (χ0v) is 10.6. The van der Waals surface area contributed by atoms with Crippen LogP contribution in [0, 0.1) is 5.92 Å². The van der Waals surface area contributed by atoms with Crippen molar-refractivity contribution in [3.63, 3.8) is 0 Å². The molecule has 0 aliphatic carbocycles. The molecule has 0 aromatic rings. The van der Waals surface area contributed by atoms with Crippen LogP contribution in [0.1, 0.15) is 20.8 Å². The molecule has 16 heavy (non-hydrogen) atoms. The number of nitrogens with zero attached hydrogens (tertiary/aromatic N) is 1. The molecule has 1 amide bonds. The first-order chi connectivity index (χ1) is 7.47. The van der Waals surface area contributed by atoms with Gasteiger partial charge in [0.1, 0.15) is 17.8 Å². The molecule has 0 saturated carbocycles. The Morgan fingerprint density at radius 3 is 2.56 bits per heavy atom. The van der Waals surface area contributed by atoms with Gasteiger partial charge >= 0.3 is 6.09 Å². The Hall–Kier alpha value is -0.460. The second-order valence-corrected chi connectivity index (χ2v) is 5.81. The summed E-state index contributed by atoms with van der Waals surface area (Å²) in [5, 5.41) is 0. The molecule has 2 aliphatic heterocycles. The van der Waals surface area contributed by atoms with Crippen LogP contribution in [0.2, 0.25) is 0 Å². The van der Waals surface area contributed by atoms with E-state index < -0.39 is 5.60 Å². The highest BCUT2D eigenvalue weighted by Gasteiger charge is 2.42. The normalized spacial score (nSPS) is 26.7. The molecule has 2 aliphatic rings. The SMILES string of the molecule is CC(C)(C)OC(=O)N1SOCC1C1COC1. The van der Waals surface area contributed by atoms with Crippen molar-refractivity contribution in [3.8, 4) is 0 Å². The molecule has 6 heteroatoms. The first-order valence-electron chi connectivity index (χ1n) is 5.37. The van der Waals surface area contributed by atoms with E-state index in [9.17, 15) is 4.79 Å². The van der Waals surface area contributed by atoms with Crippen LogP contribution in [0.4, 0.5) is 4.79 Å². The van der Waals surface area contributed by atoms with E-state index in [2.05, 4.69) is 0 Å². The van der Waals surface area contributed by atoms with E-state index in [-0.39, 0.29) is 12.1 Å². The lowest BCUT2D eigenvalue weighted by molar-refractivity contribution is -0.0626. The molecular formula is C10H17NO4S. The molecule has 0 spiro atoms. The molecule has 2 saturated heterocycles. The summed E-state index contributed by atoms with van der Waals surface area (Å²) < 4.78 is 17.3. The highest BCUT2D eigenvalue weighted by Crippen LogP contribution is 2.33. The average molecular weight is 247 g/mol. The van der Waals surface area contributed by atoms with Gasteiger partial charge in [0.15, 0.2) is 0 Å². The van der Waals surface area contributed by atoms with Crippen molar-refractivity contribution in [2.75, 3.05) is 19.8 Å². The largest absolute Gasteiger partial charge is 0.443 e. The number of amides is 1. The van der Waals surface area contributed by atoms with Crippen molar-refractivity contribution in [2.24, 2.45) is 5.92 Å². The van der Waals surface area contributed by atoms with E-state index >= 15 is 0 Å². The van der Waals surface area contributed by atoms with Gasteiger partial charge < -0.3 is 9.47 Å². The summed E-state index contributed by atoms with van der Waals surface area (Å²) in [7, 11) is 0. The van der Waals surface area contributed by atoms with E-state index in [1.165, 1.54) is 0 Å². The monoisotopic (exact) mass is 247 g/mol. The Kier molecular flexibility index (Phi) is 3.32. The van der Waals surface area contributed by atoms with Gasteiger partial charge in [-0.2, -0.15) is 0 Å². The van der Waals surface area contributed by atoms with Crippen molar-refractivity contribution in [1.29, 1.82) is 0 Å². The lowest BCUT2D eigenvalue weighted by Gasteiger charge is -2.34. The Morgan fingerprint density at radius 2 is 2.06 bits per heavy atom. The zero-order chi connectivity index (χ0) is 11.8. The van der Waals surface area contributed by atoms with Crippen molar-refractivity contribution in [1.82, 2.24) is 4.31 Å². The minimum absolute atomic E-state index is 0.0774. The van der Waals surface area contributed by atoms with Gasteiger partial charge in [0, 0.05) is 5.92 Å². The molecule has 5 nitrogen and oxygen atoms in total. The zero-order valence-electron chi connectivity index (χ0n) is 9.76. The third-order valence-electron chi connectivity index (χ3n) is 2.45. The molecule has 2 heterocycles. The number of hydrogen-bond donors (Lipinski definition) is 0. The molecular weight excluding hydrogens is 230 g/mol. The Labute approximate surface area is 99.7 Å². The summed E-state index contributed by atoms with van der Waals surface area (Å²) in [6, 6.07) is 0.0774. The van der Waals surface area contributed by atoms with Gasteiger partial charge in [-0.15, -0.1) is 0 Å². The van der Waals surface area contributed by atoms with Gasteiger partial charge in [-0.3, -0.25) is 4.18 Å². The van der Waals surface area contributed by atoms with Crippen LogP contribution in [0.3, 0.4) is 0 Å². The van der Waals surface area contributed by atoms with Gasteiger partial charge in [-0.25, -0.2) is 9.10 Å².